The molecule has 4 heterocycles. The Hall–Kier alpha value is -2.95. The van der Waals surface area contributed by atoms with E-state index in [9.17, 15) is 14.0 Å². The van der Waals surface area contributed by atoms with E-state index in [1.54, 1.807) is 21.2 Å². The van der Waals surface area contributed by atoms with Crippen LogP contribution < -0.4 is 10.6 Å². The van der Waals surface area contributed by atoms with Crippen LogP contribution in [0.5, 0.6) is 0 Å². The monoisotopic (exact) mass is 597 g/mol. The zero-order chi connectivity index (χ0) is 28.6. The number of carbonyl (C=O) groups excluding carboxylic acids is 1. The molecule has 7 rings (SSSR count). The predicted molar refractivity (Wildman–Crippen MR) is 158 cm³/mol. The van der Waals surface area contributed by atoms with Crippen molar-refractivity contribution in [2.24, 2.45) is 5.41 Å². The Bertz CT molecular complexity index is 1680. The molecule has 41 heavy (non-hydrogen) atoms. The first kappa shape index (κ1) is 26.9. The van der Waals surface area contributed by atoms with E-state index in [2.05, 4.69) is 21.4 Å². The van der Waals surface area contributed by atoms with Crippen molar-refractivity contribution in [3.8, 4) is 11.1 Å². The number of rotatable bonds is 4. The molecule has 3 aliphatic heterocycles. The third kappa shape index (κ3) is 4.46. The summed E-state index contributed by atoms with van der Waals surface area (Å²) >= 11 is 7.79. The fraction of sp³-hybridized carbons (Fsp3) is 0.433. The molecule has 1 aliphatic carbocycles. The van der Waals surface area contributed by atoms with E-state index in [0.717, 1.165) is 46.3 Å². The van der Waals surface area contributed by atoms with Crippen LogP contribution in [-0.4, -0.2) is 76.3 Å². The molecule has 0 atom stereocenters. The van der Waals surface area contributed by atoms with Crippen molar-refractivity contribution < 1.29 is 13.6 Å². The van der Waals surface area contributed by atoms with Crippen molar-refractivity contribution in [1.29, 1.82) is 0 Å². The van der Waals surface area contributed by atoms with Gasteiger partial charge in [0.1, 0.15) is 17.5 Å². The van der Waals surface area contributed by atoms with Crippen molar-refractivity contribution in [2.45, 2.75) is 37.2 Å². The molecule has 11 heteroatoms. The Morgan fingerprint density at radius 2 is 1.85 bits per heavy atom. The Morgan fingerprint density at radius 1 is 1.12 bits per heavy atom. The number of nitrogens with zero attached hydrogens (tertiary/aromatic N) is 5. The summed E-state index contributed by atoms with van der Waals surface area (Å²) in [7, 11) is 0. The van der Waals surface area contributed by atoms with E-state index in [0.29, 0.717) is 50.1 Å². The number of hydrogen-bond donors (Lipinski definition) is 0. The molecule has 1 amide bonds. The Balaban J connectivity index is 1.40. The molecular formula is C30H30ClF2N5O2S. The summed E-state index contributed by atoms with van der Waals surface area (Å²) in [4.78, 5) is 37.7. The first-order valence-electron chi connectivity index (χ1n) is 13.9. The number of benzene rings is 2. The molecule has 7 nitrogen and oxygen atoms in total. The van der Waals surface area contributed by atoms with Crippen molar-refractivity contribution in [1.82, 2.24) is 19.4 Å². The summed E-state index contributed by atoms with van der Waals surface area (Å²) in [5.41, 5.74) is 1.95. The molecule has 1 aromatic heterocycles. The van der Waals surface area contributed by atoms with E-state index in [-0.39, 0.29) is 27.6 Å². The van der Waals surface area contributed by atoms with Gasteiger partial charge in [0, 0.05) is 90.5 Å². The highest BCUT2D eigenvalue weighted by atomic mass is 35.5. The zero-order valence-electron chi connectivity index (χ0n) is 22.8. The average molecular weight is 598 g/mol. The van der Waals surface area contributed by atoms with Crippen LogP contribution in [0.25, 0.3) is 22.0 Å². The van der Waals surface area contributed by atoms with Crippen molar-refractivity contribution in [3.05, 3.63) is 63.6 Å². The van der Waals surface area contributed by atoms with Gasteiger partial charge in [-0.05, 0) is 43.5 Å². The lowest BCUT2D eigenvalue weighted by Gasteiger charge is -2.50. The highest BCUT2D eigenvalue weighted by molar-refractivity contribution is 7.99. The molecular weight excluding hydrogens is 568 g/mol. The smallest absolute Gasteiger partial charge is 0.350 e. The quantitative estimate of drug-likeness (QED) is 0.321. The van der Waals surface area contributed by atoms with Crippen molar-refractivity contribution in [2.75, 3.05) is 49.9 Å². The van der Waals surface area contributed by atoms with E-state index >= 15 is 4.39 Å². The van der Waals surface area contributed by atoms with Gasteiger partial charge in [-0.15, -0.1) is 11.8 Å². The summed E-state index contributed by atoms with van der Waals surface area (Å²) in [6.45, 7) is 9.90. The molecule has 1 saturated carbocycles. The summed E-state index contributed by atoms with van der Waals surface area (Å²) in [5, 5.41) is 0.669. The van der Waals surface area contributed by atoms with Gasteiger partial charge in [-0.25, -0.2) is 13.6 Å². The number of aryl methyl sites for hydroxylation is 1. The van der Waals surface area contributed by atoms with E-state index in [1.807, 2.05) is 13.0 Å². The zero-order valence-corrected chi connectivity index (χ0v) is 24.3. The fourth-order valence-corrected chi connectivity index (χ4v) is 8.34. The van der Waals surface area contributed by atoms with Crippen LogP contribution in [0.3, 0.4) is 0 Å². The number of thioether (sulfide) groups is 1. The topological polar surface area (TPSA) is 61.7 Å². The molecule has 214 valence electrons. The summed E-state index contributed by atoms with van der Waals surface area (Å²) in [6.07, 6.45) is 3.77. The lowest BCUT2D eigenvalue weighted by molar-refractivity contribution is -0.126. The second-order valence-corrected chi connectivity index (χ2v) is 13.2. The standard InChI is InChI=1S/C30H30ClF2N5O2S/c1-3-24(39)35-6-8-36(9-7-35)28-20-10-17(2)25(19-11-21(31)23(33)12-22(19)32)27-26(20)38(29(40)34-28)15-30(16-41-27)13-37(14-30)18-4-5-18/h3,10-12,18H,1,4-9,13-16H2,2H3. The molecule has 0 unspecified atom stereocenters. The van der Waals surface area contributed by atoms with Crippen LogP contribution in [0.1, 0.15) is 18.4 Å². The maximum atomic E-state index is 15.3. The van der Waals surface area contributed by atoms with Crippen LogP contribution in [0.15, 0.2) is 40.5 Å². The van der Waals surface area contributed by atoms with E-state index in [1.165, 1.54) is 25.0 Å². The van der Waals surface area contributed by atoms with E-state index < -0.39 is 11.6 Å². The number of amides is 1. The van der Waals surface area contributed by atoms with Gasteiger partial charge in [0.05, 0.1) is 10.5 Å². The minimum absolute atomic E-state index is 0.0902. The van der Waals surface area contributed by atoms with Gasteiger partial charge in [0.25, 0.3) is 0 Å². The number of halogens is 3. The van der Waals surface area contributed by atoms with E-state index in [4.69, 9.17) is 11.6 Å². The molecule has 4 aliphatic rings. The number of carbonyl (C=O) groups is 1. The lowest BCUT2D eigenvalue weighted by atomic mass is 9.81. The minimum atomic E-state index is -0.809. The maximum absolute atomic E-state index is 15.3. The number of hydrogen-bond acceptors (Lipinski definition) is 6. The second kappa shape index (κ2) is 9.81. The van der Waals surface area contributed by atoms with Gasteiger partial charge in [0.15, 0.2) is 0 Å². The van der Waals surface area contributed by atoms with Crippen LogP contribution in [0.2, 0.25) is 5.02 Å². The van der Waals surface area contributed by atoms with Gasteiger partial charge in [-0.3, -0.25) is 14.3 Å². The Morgan fingerprint density at radius 3 is 2.54 bits per heavy atom. The van der Waals surface area contributed by atoms with Crippen molar-refractivity contribution in [3.63, 3.8) is 0 Å². The maximum Gasteiger partial charge on any atom is 0.350 e. The minimum Gasteiger partial charge on any atom is -0.352 e. The van der Waals surface area contributed by atoms with Gasteiger partial charge >= 0.3 is 5.69 Å². The molecule has 0 N–H and O–H groups in total. The summed E-state index contributed by atoms with van der Waals surface area (Å²) in [6, 6.07) is 4.77. The molecule has 3 aromatic rings. The second-order valence-electron chi connectivity index (χ2n) is 11.8. The van der Waals surface area contributed by atoms with Crippen LogP contribution in [-0.2, 0) is 11.3 Å². The summed E-state index contributed by atoms with van der Waals surface area (Å²) < 4.78 is 31.3. The molecule has 0 radical (unpaired) electrons. The molecule has 3 fully saturated rings. The molecule has 2 aromatic carbocycles. The van der Waals surface area contributed by atoms with Gasteiger partial charge < -0.3 is 9.80 Å². The first-order valence-corrected chi connectivity index (χ1v) is 15.3. The summed E-state index contributed by atoms with van der Waals surface area (Å²) in [5.74, 6) is -0.271. The molecule has 2 saturated heterocycles. The predicted octanol–water partition coefficient (Wildman–Crippen LogP) is 4.71. The van der Waals surface area contributed by atoms with Gasteiger partial charge in [-0.1, -0.05) is 18.2 Å². The highest BCUT2D eigenvalue weighted by Crippen LogP contribution is 2.50. The first-order chi connectivity index (χ1) is 19.7. The SMILES string of the molecule is C=CC(=O)N1CCN(c2nc(=O)n3c4c(c(-c5cc(Cl)c(F)cc5F)c(C)cc24)SCC2(CN(C4CC4)C2)C3)CC1. The van der Waals surface area contributed by atoms with Gasteiger partial charge in [-0.2, -0.15) is 4.98 Å². The normalized spacial score (nSPS) is 20.3. The number of piperazine rings is 1. The third-order valence-corrected chi connectivity index (χ3v) is 10.6. The number of aromatic nitrogens is 2. The number of likely N-dealkylation sites (tertiary alicyclic amines) is 1. The lowest BCUT2D eigenvalue weighted by Crippen LogP contribution is -2.60. The van der Waals surface area contributed by atoms with Crippen LogP contribution in [0, 0.1) is 24.0 Å². The largest absolute Gasteiger partial charge is 0.352 e. The number of anilines is 1. The molecule has 0 bridgehead atoms. The Labute approximate surface area is 245 Å². The highest BCUT2D eigenvalue weighted by Gasteiger charge is 2.49. The fourth-order valence-electron chi connectivity index (χ4n) is 6.68. The molecule has 1 spiro atoms. The third-order valence-electron chi connectivity index (χ3n) is 8.90. The average Bonchev–Trinajstić information content (AvgIpc) is 3.79. The van der Waals surface area contributed by atoms with Crippen molar-refractivity contribution >= 4 is 46.0 Å². The van der Waals surface area contributed by atoms with Crippen LogP contribution >= 0.6 is 23.4 Å². The van der Waals surface area contributed by atoms with Crippen LogP contribution in [0.4, 0.5) is 14.6 Å². The van der Waals surface area contributed by atoms with Gasteiger partial charge in [0.2, 0.25) is 5.91 Å². The Kier molecular flexibility index (Phi) is 6.44.